The molecule has 0 aliphatic carbocycles. The monoisotopic (exact) mass is 329 g/mol. The summed E-state index contributed by atoms with van der Waals surface area (Å²) >= 11 is 0. The number of aromatic nitrogens is 1. The maximum absolute atomic E-state index is 12.4. The summed E-state index contributed by atoms with van der Waals surface area (Å²) in [7, 11) is 0. The molecular weight excluding hydrogens is 310 g/mol. The number of hydrogen-bond acceptors (Lipinski definition) is 5. The number of nitrogens with zero attached hydrogens (tertiary/aromatic N) is 1. The van der Waals surface area contributed by atoms with Crippen molar-refractivity contribution in [1.82, 2.24) is 15.2 Å². The van der Waals surface area contributed by atoms with Gasteiger partial charge in [0.25, 0.3) is 5.56 Å². The van der Waals surface area contributed by atoms with Gasteiger partial charge in [-0.2, -0.15) is 0 Å². The zero-order chi connectivity index (χ0) is 16.7. The van der Waals surface area contributed by atoms with Crippen molar-refractivity contribution in [1.29, 1.82) is 0 Å². The second kappa shape index (κ2) is 5.83. The number of aromatic amines is 1. The van der Waals surface area contributed by atoms with Gasteiger partial charge in [-0.25, -0.2) is 0 Å². The molecule has 0 bridgehead atoms. The molecule has 0 saturated carbocycles. The Kier molecular flexibility index (Phi) is 3.65. The molecule has 2 aliphatic rings. The number of pyridine rings is 1. The van der Waals surface area contributed by atoms with E-state index in [1.54, 1.807) is 6.07 Å². The first kappa shape index (κ1) is 15.0. The fraction of sp³-hybridized carbons (Fsp3) is 0.412. The van der Waals surface area contributed by atoms with Crippen LogP contribution in [0.1, 0.15) is 18.9 Å². The lowest BCUT2D eigenvalue weighted by atomic mass is 10.1. The van der Waals surface area contributed by atoms with Crippen molar-refractivity contribution in [3.05, 3.63) is 34.1 Å². The summed E-state index contributed by atoms with van der Waals surface area (Å²) in [5.41, 5.74) is 1.30. The maximum atomic E-state index is 12.4. The molecule has 1 aromatic carbocycles. The van der Waals surface area contributed by atoms with Gasteiger partial charge in [0.1, 0.15) is 0 Å². The van der Waals surface area contributed by atoms with Crippen molar-refractivity contribution in [2.24, 2.45) is 0 Å². The van der Waals surface area contributed by atoms with Crippen LogP contribution in [0, 0.1) is 0 Å². The Labute approximate surface area is 138 Å². The molecule has 3 heterocycles. The first-order valence-corrected chi connectivity index (χ1v) is 8.06. The Morgan fingerprint density at radius 3 is 2.83 bits per heavy atom. The van der Waals surface area contributed by atoms with Crippen LogP contribution in [0.2, 0.25) is 0 Å². The summed E-state index contributed by atoms with van der Waals surface area (Å²) in [5, 5.41) is 3.79. The van der Waals surface area contributed by atoms with Gasteiger partial charge in [-0.3, -0.25) is 14.5 Å². The number of nitrogens with one attached hydrogen (secondary N) is 2. The Morgan fingerprint density at radius 1 is 1.21 bits per heavy atom. The van der Waals surface area contributed by atoms with E-state index in [-0.39, 0.29) is 24.3 Å². The van der Waals surface area contributed by atoms with Gasteiger partial charge in [0.15, 0.2) is 11.5 Å². The molecular formula is C17H19N3O4. The van der Waals surface area contributed by atoms with Crippen molar-refractivity contribution in [3.63, 3.8) is 0 Å². The minimum atomic E-state index is -0.114. The Bertz CT molecular complexity index is 861. The second-order valence-electron chi connectivity index (χ2n) is 6.29. The molecule has 0 radical (unpaired) electrons. The van der Waals surface area contributed by atoms with Crippen LogP contribution < -0.4 is 20.3 Å². The molecule has 1 atom stereocenters. The number of carbonyl (C=O) groups is 1. The van der Waals surface area contributed by atoms with Crippen LogP contribution in [0.15, 0.2) is 23.0 Å². The van der Waals surface area contributed by atoms with E-state index in [0.29, 0.717) is 43.1 Å². The van der Waals surface area contributed by atoms with Crippen LogP contribution >= 0.6 is 0 Å². The zero-order valence-electron chi connectivity index (χ0n) is 13.4. The van der Waals surface area contributed by atoms with E-state index in [2.05, 4.69) is 22.1 Å². The van der Waals surface area contributed by atoms with E-state index in [1.807, 2.05) is 12.1 Å². The normalized spacial score (nSPS) is 20.9. The molecule has 1 fully saturated rings. The average molecular weight is 329 g/mol. The second-order valence-corrected chi connectivity index (χ2v) is 6.29. The molecule has 7 nitrogen and oxygen atoms in total. The molecule has 1 saturated heterocycles. The van der Waals surface area contributed by atoms with E-state index < -0.39 is 0 Å². The van der Waals surface area contributed by atoms with Crippen molar-refractivity contribution in [3.8, 4) is 11.5 Å². The number of fused-ring (bicyclic) bond motifs is 2. The third-order valence-electron chi connectivity index (χ3n) is 4.63. The summed E-state index contributed by atoms with van der Waals surface area (Å²) in [5.74, 6) is 1.40. The van der Waals surface area contributed by atoms with Gasteiger partial charge in [0, 0.05) is 49.1 Å². The van der Waals surface area contributed by atoms with Gasteiger partial charge in [0.2, 0.25) is 12.7 Å². The maximum Gasteiger partial charge on any atom is 0.252 e. The summed E-state index contributed by atoms with van der Waals surface area (Å²) in [6.45, 7) is 4.01. The number of H-pyrrole nitrogens is 1. The predicted octanol–water partition coefficient (Wildman–Crippen LogP) is 0.967. The summed E-state index contributed by atoms with van der Waals surface area (Å²) < 4.78 is 10.7. The quantitative estimate of drug-likeness (QED) is 0.858. The van der Waals surface area contributed by atoms with Crippen LogP contribution in [0.3, 0.4) is 0 Å². The summed E-state index contributed by atoms with van der Waals surface area (Å²) in [6, 6.07) is 5.75. The highest BCUT2D eigenvalue weighted by atomic mass is 16.7. The molecule has 1 amide bonds. The fourth-order valence-electron chi connectivity index (χ4n) is 3.16. The Balaban J connectivity index is 1.66. The highest BCUT2D eigenvalue weighted by molar-refractivity contribution is 5.83. The molecule has 24 heavy (non-hydrogen) atoms. The summed E-state index contributed by atoms with van der Waals surface area (Å²) in [6.07, 6.45) is 0.453. The van der Waals surface area contributed by atoms with Crippen LogP contribution in [-0.2, 0) is 11.3 Å². The van der Waals surface area contributed by atoms with E-state index in [1.165, 1.54) is 0 Å². The standard InChI is InChI=1S/C17H19N3O4/c1-10-7-18-16(21)2-3-20(10)8-12-4-11-5-14-15(24-9-23-14)6-13(11)19-17(12)22/h4-6,10H,2-3,7-9H2,1H3,(H,18,21)(H,19,22)/t10-/m0/s1. The average Bonchev–Trinajstić information content (AvgIpc) is 2.95. The van der Waals surface area contributed by atoms with Crippen LogP contribution in [0.5, 0.6) is 11.5 Å². The van der Waals surface area contributed by atoms with Gasteiger partial charge in [-0.1, -0.05) is 0 Å². The molecule has 126 valence electrons. The topological polar surface area (TPSA) is 83.7 Å². The third kappa shape index (κ3) is 2.71. The highest BCUT2D eigenvalue weighted by Crippen LogP contribution is 2.35. The van der Waals surface area contributed by atoms with Gasteiger partial charge in [-0.15, -0.1) is 0 Å². The van der Waals surface area contributed by atoms with Crippen molar-refractivity contribution in [2.45, 2.75) is 25.9 Å². The van der Waals surface area contributed by atoms with Crippen molar-refractivity contribution in [2.75, 3.05) is 19.9 Å². The van der Waals surface area contributed by atoms with Crippen LogP contribution in [0.4, 0.5) is 0 Å². The number of benzene rings is 1. The molecule has 0 spiro atoms. The summed E-state index contributed by atoms with van der Waals surface area (Å²) in [4.78, 5) is 29.0. The number of hydrogen-bond donors (Lipinski definition) is 2. The molecule has 1 aromatic heterocycles. The number of ether oxygens (including phenoxy) is 2. The lowest BCUT2D eigenvalue weighted by Gasteiger charge is -2.25. The molecule has 4 rings (SSSR count). The number of rotatable bonds is 2. The van der Waals surface area contributed by atoms with Crippen molar-refractivity contribution < 1.29 is 14.3 Å². The predicted molar refractivity (Wildman–Crippen MR) is 88.2 cm³/mol. The smallest absolute Gasteiger partial charge is 0.252 e. The van der Waals surface area contributed by atoms with E-state index in [0.717, 1.165) is 10.9 Å². The van der Waals surface area contributed by atoms with Crippen LogP contribution in [0.25, 0.3) is 10.9 Å². The van der Waals surface area contributed by atoms with Gasteiger partial charge < -0.3 is 19.8 Å². The number of amides is 1. The van der Waals surface area contributed by atoms with Gasteiger partial charge in [-0.05, 0) is 19.1 Å². The molecule has 7 heteroatoms. The van der Waals surface area contributed by atoms with Gasteiger partial charge in [0.05, 0.1) is 5.52 Å². The SMILES string of the molecule is C[C@H]1CNC(=O)CCN1Cc1cc2cc3c(cc2[nH]c1=O)OCO3. The van der Waals surface area contributed by atoms with Gasteiger partial charge >= 0.3 is 0 Å². The third-order valence-corrected chi connectivity index (χ3v) is 4.63. The van der Waals surface area contributed by atoms with E-state index >= 15 is 0 Å². The highest BCUT2D eigenvalue weighted by Gasteiger charge is 2.22. The van der Waals surface area contributed by atoms with Crippen LogP contribution in [-0.4, -0.2) is 41.7 Å². The Morgan fingerprint density at radius 2 is 2.00 bits per heavy atom. The fourth-order valence-corrected chi connectivity index (χ4v) is 3.16. The molecule has 2 N–H and O–H groups in total. The molecule has 2 aliphatic heterocycles. The minimum Gasteiger partial charge on any atom is -0.454 e. The zero-order valence-corrected chi connectivity index (χ0v) is 13.4. The Hall–Kier alpha value is -2.54. The van der Waals surface area contributed by atoms with Crippen molar-refractivity contribution >= 4 is 16.8 Å². The van der Waals surface area contributed by atoms with E-state index in [4.69, 9.17) is 9.47 Å². The van der Waals surface area contributed by atoms with E-state index in [9.17, 15) is 9.59 Å². The molecule has 0 unspecified atom stereocenters. The number of carbonyl (C=O) groups excluding carboxylic acids is 1. The lowest BCUT2D eigenvalue weighted by Crippen LogP contribution is -2.38. The lowest BCUT2D eigenvalue weighted by molar-refractivity contribution is -0.120. The largest absolute Gasteiger partial charge is 0.454 e. The minimum absolute atomic E-state index is 0.0597. The first-order chi connectivity index (χ1) is 11.6. The first-order valence-electron chi connectivity index (χ1n) is 8.06. The molecule has 2 aromatic rings.